The summed E-state index contributed by atoms with van der Waals surface area (Å²) in [4.78, 5) is 31.3. The number of halogens is 1. The first-order chi connectivity index (χ1) is 13.5. The van der Waals surface area contributed by atoms with Crippen LogP contribution in [0.4, 0.5) is 5.13 Å². The van der Waals surface area contributed by atoms with Gasteiger partial charge in [0.15, 0.2) is 5.13 Å². The third-order valence-corrected chi connectivity index (χ3v) is 5.88. The fraction of sp³-hybridized carbons (Fsp3) is 0.0952. The molecule has 7 heteroatoms. The number of aromatic nitrogens is 1. The number of Topliss-reactive ketones (excluding diaryl/α,β-unsaturated/α-hetero) is 1. The van der Waals surface area contributed by atoms with Crippen LogP contribution in [0.15, 0.2) is 70.2 Å². The molecule has 1 aliphatic rings. The first-order valence-corrected chi connectivity index (χ1v) is 10.2. The van der Waals surface area contributed by atoms with E-state index in [1.54, 1.807) is 35.8 Å². The molecular weight excluding hydrogens is 440 g/mol. The lowest BCUT2D eigenvalue weighted by atomic mass is 9.95. The second kappa shape index (κ2) is 7.33. The predicted octanol–water partition coefficient (Wildman–Crippen LogP) is 4.84. The smallest absolute Gasteiger partial charge is 0.301 e. The van der Waals surface area contributed by atoms with Gasteiger partial charge in [-0.15, -0.1) is 11.3 Å². The van der Waals surface area contributed by atoms with E-state index in [4.69, 9.17) is 0 Å². The number of anilines is 1. The summed E-state index contributed by atoms with van der Waals surface area (Å²) in [6.07, 6.45) is 1.58. The zero-order valence-electron chi connectivity index (χ0n) is 14.8. The number of hydrogen-bond donors (Lipinski definition) is 1. The predicted molar refractivity (Wildman–Crippen MR) is 112 cm³/mol. The highest BCUT2D eigenvalue weighted by atomic mass is 79.9. The molecule has 0 aliphatic carbocycles. The van der Waals surface area contributed by atoms with Gasteiger partial charge in [0.2, 0.25) is 0 Å². The normalized spacial score (nSPS) is 18.6. The summed E-state index contributed by atoms with van der Waals surface area (Å²) in [5, 5.41) is 13.1. The van der Waals surface area contributed by atoms with Gasteiger partial charge in [-0.3, -0.25) is 14.5 Å². The second-order valence-corrected chi connectivity index (χ2v) is 8.19. The van der Waals surface area contributed by atoms with Gasteiger partial charge in [-0.05, 0) is 24.6 Å². The van der Waals surface area contributed by atoms with Crippen molar-refractivity contribution in [3.63, 3.8) is 0 Å². The van der Waals surface area contributed by atoms with Gasteiger partial charge in [0, 0.05) is 21.6 Å². The van der Waals surface area contributed by atoms with Crippen LogP contribution in [-0.2, 0) is 9.59 Å². The summed E-state index contributed by atoms with van der Waals surface area (Å²) in [5.74, 6) is -1.61. The molecule has 1 atom stereocenters. The van der Waals surface area contributed by atoms with E-state index in [1.807, 2.05) is 31.2 Å². The largest absolute Gasteiger partial charge is 0.507 e. The number of hydrogen-bond acceptors (Lipinski definition) is 5. The highest BCUT2D eigenvalue weighted by molar-refractivity contribution is 9.10. The Hall–Kier alpha value is -2.77. The molecule has 0 radical (unpaired) electrons. The maximum Gasteiger partial charge on any atom is 0.301 e. The Labute approximate surface area is 174 Å². The van der Waals surface area contributed by atoms with E-state index in [2.05, 4.69) is 20.9 Å². The van der Waals surface area contributed by atoms with Crippen molar-refractivity contribution in [1.29, 1.82) is 0 Å². The average Bonchev–Trinajstić information content (AvgIpc) is 3.30. The summed E-state index contributed by atoms with van der Waals surface area (Å²) in [6, 6.07) is 13.7. The van der Waals surface area contributed by atoms with E-state index in [9.17, 15) is 14.7 Å². The van der Waals surface area contributed by atoms with Crippen molar-refractivity contribution in [3.8, 4) is 0 Å². The van der Waals surface area contributed by atoms with Crippen molar-refractivity contribution in [3.05, 3.63) is 86.8 Å². The van der Waals surface area contributed by atoms with Crippen LogP contribution in [0.25, 0.3) is 5.76 Å². The van der Waals surface area contributed by atoms with E-state index >= 15 is 0 Å². The average molecular weight is 455 g/mol. The molecule has 2 heterocycles. The Balaban J connectivity index is 1.93. The minimum atomic E-state index is -0.740. The number of amides is 1. The second-order valence-electron chi connectivity index (χ2n) is 6.40. The molecule has 2 aromatic carbocycles. The van der Waals surface area contributed by atoms with E-state index < -0.39 is 17.7 Å². The van der Waals surface area contributed by atoms with Crippen molar-refractivity contribution in [1.82, 2.24) is 4.98 Å². The molecule has 0 unspecified atom stereocenters. The van der Waals surface area contributed by atoms with Gasteiger partial charge in [0.05, 0.1) is 11.6 Å². The van der Waals surface area contributed by atoms with Gasteiger partial charge in [0.1, 0.15) is 5.76 Å². The van der Waals surface area contributed by atoms with E-state index in [-0.39, 0.29) is 11.3 Å². The van der Waals surface area contributed by atoms with Crippen LogP contribution in [0, 0.1) is 6.92 Å². The quantitative estimate of drug-likeness (QED) is 0.349. The fourth-order valence-corrected chi connectivity index (χ4v) is 4.12. The first-order valence-electron chi connectivity index (χ1n) is 8.50. The molecule has 4 rings (SSSR count). The molecule has 140 valence electrons. The molecule has 0 spiro atoms. The molecule has 1 N–H and O–H groups in total. The Bertz CT molecular complexity index is 1070. The minimum Gasteiger partial charge on any atom is -0.507 e. The van der Waals surface area contributed by atoms with Crippen LogP contribution in [-0.4, -0.2) is 21.8 Å². The summed E-state index contributed by atoms with van der Waals surface area (Å²) < 4.78 is 0.849. The number of nitrogens with zero attached hydrogens (tertiary/aromatic N) is 2. The highest BCUT2D eigenvalue weighted by Gasteiger charge is 2.47. The molecule has 1 aromatic heterocycles. The SMILES string of the molecule is Cc1ccc([C@@H]2C(=C(O)c3ccc(Br)cc3)C(=O)C(=O)N2c2nccs2)cc1. The Morgan fingerprint density at radius 2 is 1.79 bits per heavy atom. The van der Waals surface area contributed by atoms with Gasteiger partial charge < -0.3 is 5.11 Å². The summed E-state index contributed by atoms with van der Waals surface area (Å²) in [6.45, 7) is 1.96. The molecule has 0 saturated carbocycles. The van der Waals surface area contributed by atoms with Crippen molar-refractivity contribution in [2.45, 2.75) is 13.0 Å². The van der Waals surface area contributed by atoms with Gasteiger partial charge in [0.25, 0.3) is 5.78 Å². The monoisotopic (exact) mass is 454 g/mol. The van der Waals surface area contributed by atoms with Crippen LogP contribution in [0.3, 0.4) is 0 Å². The minimum absolute atomic E-state index is 0.0615. The van der Waals surface area contributed by atoms with Crippen molar-refractivity contribution < 1.29 is 14.7 Å². The van der Waals surface area contributed by atoms with Crippen LogP contribution < -0.4 is 4.90 Å². The zero-order chi connectivity index (χ0) is 19.8. The van der Waals surface area contributed by atoms with Crippen LogP contribution >= 0.6 is 27.3 Å². The number of thiazole rings is 1. The third-order valence-electron chi connectivity index (χ3n) is 4.58. The van der Waals surface area contributed by atoms with E-state index in [0.29, 0.717) is 10.7 Å². The number of carbonyl (C=O) groups excluding carboxylic acids is 2. The number of aliphatic hydroxyl groups is 1. The molecule has 3 aromatic rings. The number of aryl methyl sites for hydroxylation is 1. The van der Waals surface area contributed by atoms with Gasteiger partial charge >= 0.3 is 5.91 Å². The summed E-state index contributed by atoms with van der Waals surface area (Å²) in [7, 11) is 0. The molecule has 1 amide bonds. The summed E-state index contributed by atoms with van der Waals surface area (Å²) >= 11 is 4.63. The number of aliphatic hydroxyl groups excluding tert-OH is 1. The molecule has 1 aliphatic heterocycles. The summed E-state index contributed by atoms with van der Waals surface area (Å²) in [5.41, 5.74) is 2.32. The number of benzene rings is 2. The fourth-order valence-electron chi connectivity index (χ4n) is 3.19. The maximum atomic E-state index is 12.9. The number of ketones is 1. The van der Waals surface area contributed by atoms with Crippen LogP contribution in [0.5, 0.6) is 0 Å². The zero-order valence-corrected chi connectivity index (χ0v) is 17.2. The molecule has 5 nitrogen and oxygen atoms in total. The first kappa shape index (κ1) is 18.6. The molecule has 28 heavy (non-hydrogen) atoms. The Morgan fingerprint density at radius 3 is 2.39 bits per heavy atom. The molecule has 0 bridgehead atoms. The van der Waals surface area contributed by atoms with Crippen molar-refractivity contribution >= 4 is 49.8 Å². The van der Waals surface area contributed by atoms with Gasteiger partial charge in [-0.1, -0.05) is 57.9 Å². The topological polar surface area (TPSA) is 70.5 Å². The number of rotatable bonds is 3. The van der Waals surface area contributed by atoms with Gasteiger partial charge in [-0.25, -0.2) is 4.98 Å². The lowest BCUT2D eigenvalue weighted by molar-refractivity contribution is -0.132. The van der Waals surface area contributed by atoms with Crippen molar-refractivity contribution in [2.75, 3.05) is 4.90 Å². The van der Waals surface area contributed by atoms with E-state index in [0.717, 1.165) is 15.6 Å². The third kappa shape index (κ3) is 3.16. The lowest BCUT2D eigenvalue weighted by Gasteiger charge is -2.23. The highest BCUT2D eigenvalue weighted by Crippen LogP contribution is 2.42. The molecule has 1 fully saturated rings. The Kier molecular flexibility index (Phi) is 4.87. The van der Waals surface area contributed by atoms with E-state index in [1.165, 1.54) is 16.2 Å². The number of carbonyl (C=O) groups is 2. The van der Waals surface area contributed by atoms with Crippen LogP contribution in [0.1, 0.15) is 22.7 Å². The molecule has 1 saturated heterocycles. The lowest BCUT2D eigenvalue weighted by Crippen LogP contribution is -2.29. The molecular formula is C21H15BrN2O3S. The van der Waals surface area contributed by atoms with Gasteiger partial charge in [-0.2, -0.15) is 0 Å². The standard InChI is InChI=1S/C21H15BrN2O3S/c1-12-2-4-13(5-3-12)17-16(18(25)14-6-8-15(22)9-7-14)19(26)20(27)24(17)21-23-10-11-28-21/h2-11,17,25H,1H3/t17-/m1/s1. The maximum absolute atomic E-state index is 12.9. The van der Waals surface area contributed by atoms with Crippen LogP contribution in [0.2, 0.25) is 0 Å². The Morgan fingerprint density at radius 1 is 1.11 bits per heavy atom. The van der Waals surface area contributed by atoms with Crippen molar-refractivity contribution in [2.24, 2.45) is 0 Å².